The van der Waals surface area contributed by atoms with Gasteiger partial charge in [0.05, 0.1) is 18.8 Å². The maximum absolute atomic E-state index is 12.3. The molecule has 3 atom stereocenters. The number of carbonyl (C=O) groups is 2. The van der Waals surface area contributed by atoms with Gasteiger partial charge in [-0.2, -0.15) is 4.73 Å². The lowest BCUT2D eigenvalue weighted by Gasteiger charge is -2.36. The first-order valence-corrected chi connectivity index (χ1v) is 16.1. The van der Waals surface area contributed by atoms with E-state index in [2.05, 4.69) is 5.32 Å². The maximum Gasteiger partial charge on any atom is 0.251 e. The number of aliphatic hydroxyl groups is 1. The molecule has 10 nitrogen and oxygen atoms in total. The van der Waals surface area contributed by atoms with Crippen molar-refractivity contribution in [3.05, 3.63) is 125 Å². The van der Waals surface area contributed by atoms with Crippen molar-refractivity contribution in [3.63, 3.8) is 0 Å². The zero-order chi connectivity index (χ0) is 32.3. The normalized spacial score (nSPS) is 17.7. The van der Waals surface area contributed by atoms with Gasteiger partial charge in [0.1, 0.15) is 0 Å². The number of ether oxygens (including phenoxy) is 2. The predicted molar refractivity (Wildman–Crippen MR) is 172 cm³/mol. The van der Waals surface area contributed by atoms with Crippen molar-refractivity contribution >= 4 is 23.6 Å². The summed E-state index contributed by atoms with van der Waals surface area (Å²) in [5.74, 6) is -0.118. The van der Waals surface area contributed by atoms with Crippen LogP contribution in [-0.4, -0.2) is 34.0 Å². The highest BCUT2D eigenvalue weighted by atomic mass is 32.2. The first-order valence-electron chi connectivity index (χ1n) is 15.1. The van der Waals surface area contributed by atoms with E-state index in [0.717, 1.165) is 38.1 Å². The number of rotatable bonds is 13. The molecule has 4 N–H and O–H groups in total. The van der Waals surface area contributed by atoms with Crippen LogP contribution < -0.4 is 15.5 Å². The van der Waals surface area contributed by atoms with E-state index in [1.54, 1.807) is 17.6 Å². The molecule has 46 heavy (non-hydrogen) atoms. The second-order valence-corrected chi connectivity index (χ2v) is 12.0. The molecule has 0 radical (unpaired) electrons. The molecule has 0 bridgehead atoms. The van der Waals surface area contributed by atoms with Gasteiger partial charge in [0, 0.05) is 49.3 Å². The van der Waals surface area contributed by atoms with Crippen LogP contribution in [0.1, 0.15) is 60.3 Å². The predicted octanol–water partition coefficient (Wildman–Crippen LogP) is 5.11. The summed E-state index contributed by atoms with van der Waals surface area (Å²) in [5.41, 5.74) is 7.13. The molecule has 2 amide bonds. The lowest BCUT2D eigenvalue weighted by molar-refractivity contribution is -0.645. The number of carbonyl (C=O) groups excluding carboxylic acids is 2. The van der Waals surface area contributed by atoms with Crippen LogP contribution >= 0.6 is 11.8 Å². The molecule has 1 aliphatic rings. The van der Waals surface area contributed by atoms with Gasteiger partial charge in [-0.3, -0.25) is 14.8 Å². The topological polar surface area (TPSA) is 144 Å². The fraction of sp³-hybridized carbons (Fsp3) is 0.286. The average molecular weight is 644 g/mol. The number of hydrogen-bond acceptors (Lipinski definition) is 8. The van der Waals surface area contributed by atoms with Crippen LogP contribution in [0.3, 0.4) is 0 Å². The van der Waals surface area contributed by atoms with Crippen molar-refractivity contribution in [1.82, 2.24) is 10.8 Å². The third-order valence-electron chi connectivity index (χ3n) is 7.74. The minimum Gasteiger partial charge on any atom is -0.618 e. The lowest BCUT2D eigenvalue weighted by atomic mass is 9.97. The number of thioether (sulfide) groups is 1. The smallest absolute Gasteiger partial charge is 0.251 e. The van der Waals surface area contributed by atoms with Crippen molar-refractivity contribution in [3.8, 4) is 11.1 Å². The number of pyridine rings is 1. The Labute approximate surface area is 271 Å². The summed E-state index contributed by atoms with van der Waals surface area (Å²) in [7, 11) is 0. The van der Waals surface area contributed by atoms with Gasteiger partial charge in [-0.1, -0.05) is 84.6 Å². The first-order chi connectivity index (χ1) is 22.4. The molecular formula is C35H37N3O7S. The minimum absolute atomic E-state index is 0.0313. The second kappa shape index (κ2) is 16.3. The number of hydrogen-bond donors (Lipinski definition) is 4. The molecular weight excluding hydrogens is 606 g/mol. The summed E-state index contributed by atoms with van der Waals surface area (Å²) in [6, 6.07) is 28.8. The molecule has 1 fully saturated rings. The Hall–Kier alpha value is -4.26. The number of aromatic nitrogens is 1. The molecule has 11 heteroatoms. The van der Waals surface area contributed by atoms with Crippen LogP contribution in [0.2, 0.25) is 0 Å². The summed E-state index contributed by atoms with van der Waals surface area (Å²) in [4.78, 5) is 23.5. The van der Waals surface area contributed by atoms with Crippen molar-refractivity contribution in [1.29, 1.82) is 0 Å². The van der Waals surface area contributed by atoms with E-state index < -0.39 is 12.2 Å². The molecule has 4 aromatic rings. The first kappa shape index (κ1) is 33.1. The van der Waals surface area contributed by atoms with Crippen LogP contribution in [0, 0.1) is 5.21 Å². The molecule has 0 saturated carbocycles. The van der Waals surface area contributed by atoms with E-state index in [1.165, 1.54) is 18.0 Å². The Kier molecular flexibility index (Phi) is 11.8. The van der Waals surface area contributed by atoms with Crippen LogP contribution in [0.15, 0.2) is 102 Å². The molecule has 0 spiro atoms. The van der Waals surface area contributed by atoms with E-state index in [9.17, 15) is 19.9 Å². The van der Waals surface area contributed by atoms with Crippen molar-refractivity contribution in [2.45, 2.75) is 62.4 Å². The highest BCUT2D eigenvalue weighted by molar-refractivity contribution is 7.99. The molecule has 3 aromatic carbocycles. The Morgan fingerprint density at radius 3 is 2.35 bits per heavy atom. The van der Waals surface area contributed by atoms with Crippen molar-refractivity contribution in [2.24, 2.45) is 0 Å². The Bertz CT molecular complexity index is 1600. The van der Waals surface area contributed by atoms with E-state index in [-0.39, 0.29) is 37.6 Å². The standard InChI is InChI=1S/C35H37N3O7S/c39-22-24-11-13-26(14-12-24)31-20-29(23-46-34-10-3-4-19-38(34)43)44-35(45-31)27-17-15-25(16-18-27)30-7-2-1-6-28(30)21-36-32(40)8-5-9-33(41)37-42/h1-4,6-7,10-19,29,31,35,39,42H,5,8-9,20-23H2,(H,36,40)(H,37,41)/t29-,31+,35+/m1/s1. The molecule has 5 rings (SSSR count). The molecule has 0 aliphatic carbocycles. The lowest BCUT2D eigenvalue weighted by Crippen LogP contribution is -2.32. The van der Waals surface area contributed by atoms with Crippen LogP contribution in [0.5, 0.6) is 0 Å². The number of nitrogens with one attached hydrogen (secondary N) is 2. The molecule has 1 saturated heterocycles. The highest BCUT2D eigenvalue weighted by Crippen LogP contribution is 2.39. The second-order valence-electron chi connectivity index (χ2n) is 11.0. The molecule has 1 aliphatic heterocycles. The van der Waals surface area contributed by atoms with Gasteiger partial charge in [0.2, 0.25) is 11.8 Å². The Balaban J connectivity index is 1.28. The molecule has 0 unspecified atom stereocenters. The fourth-order valence-corrected chi connectivity index (χ4v) is 6.18. The number of hydroxylamine groups is 1. The molecule has 240 valence electrons. The third kappa shape index (κ3) is 8.93. The van der Waals surface area contributed by atoms with Crippen molar-refractivity contribution < 1.29 is 34.1 Å². The summed E-state index contributed by atoms with van der Waals surface area (Å²) < 4.78 is 13.8. The van der Waals surface area contributed by atoms with Gasteiger partial charge < -0.3 is 25.1 Å². The van der Waals surface area contributed by atoms with Gasteiger partial charge >= 0.3 is 0 Å². The zero-order valence-corrected chi connectivity index (χ0v) is 26.0. The number of nitrogens with zero attached hydrogens (tertiary/aromatic N) is 1. The number of aliphatic hydroxyl groups excluding tert-OH is 1. The van der Waals surface area contributed by atoms with E-state index in [4.69, 9.17) is 14.7 Å². The van der Waals surface area contributed by atoms with E-state index >= 15 is 0 Å². The Morgan fingerprint density at radius 2 is 1.61 bits per heavy atom. The summed E-state index contributed by atoms with van der Waals surface area (Å²) in [6.45, 7) is 0.301. The summed E-state index contributed by atoms with van der Waals surface area (Å²) in [5, 5.41) is 33.8. The SMILES string of the molecule is O=C(CCCC(=O)NCc1ccccc1-c1ccc([C@H]2O[C@@H](CSc3cccc[n+]3[O-])C[C@@H](c3ccc(CO)cc3)O2)cc1)NO. The Morgan fingerprint density at radius 1 is 0.891 bits per heavy atom. The van der Waals surface area contributed by atoms with Gasteiger partial charge in [0.25, 0.3) is 5.03 Å². The van der Waals surface area contributed by atoms with Crippen LogP contribution in [0.4, 0.5) is 0 Å². The molecule has 1 aromatic heterocycles. The monoisotopic (exact) mass is 643 g/mol. The quantitative estimate of drug-likeness (QED) is 0.0518. The highest BCUT2D eigenvalue weighted by Gasteiger charge is 2.32. The molecule has 2 heterocycles. The maximum atomic E-state index is 12.3. The number of amides is 2. The average Bonchev–Trinajstić information content (AvgIpc) is 3.10. The van der Waals surface area contributed by atoms with E-state index in [0.29, 0.717) is 30.2 Å². The van der Waals surface area contributed by atoms with Gasteiger partial charge in [-0.15, -0.1) is 0 Å². The third-order valence-corrected chi connectivity index (χ3v) is 8.89. The minimum atomic E-state index is -0.631. The summed E-state index contributed by atoms with van der Waals surface area (Å²) in [6.07, 6.45) is 1.63. The van der Waals surface area contributed by atoms with Crippen molar-refractivity contribution in [2.75, 3.05) is 5.75 Å². The van der Waals surface area contributed by atoms with Gasteiger partial charge in [-0.05, 0) is 40.3 Å². The fourth-order valence-electron chi connectivity index (χ4n) is 5.25. The zero-order valence-electron chi connectivity index (χ0n) is 25.2. The number of benzene rings is 3. The van der Waals surface area contributed by atoms with Crippen LogP contribution in [-0.2, 0) is 32.2 Å². The van der Waals surface area contributed by atoms with Crippen LogP contribution in [0.25, 0.3) is 11.1 Å². The van der Waals surface area contributed by atoms with Gasteiger partial charge in [0.15, 0.2) is 12.5 Å². The van der Waals surface area contributed by atoms with Gasteiger partial charge in [-0.25, -0.2) is 5.48 Å². The summed E-state index contributed by atoms with van der Waals surface area (Å²) >= 11 is 1.45. The van der Waals surface area contributed by atoms with E-state index in [1.807, 2.05) is 78.9 Å². The largest absolute Gasteiger partial charge is 0.618 e.